The van der Waals surface area contributed by atoms with Crippen LogP contribution in [0.2, 0.25) is 0 Å². The smallest absolute Gasteiger partial charge is 0.131 e. The maximum absolute atomic E-state index is 13.3. The summed E-state index contributed by atoms with van der Waals surface area (Å²) in [6, 6.07) is 11.3. The minimum Gasteiger partial charge on any atom is -0.488 e. The normalized spacial score (nSPS) is 11.5. The molecule has 4 nitrogen and oxygen atoms in total. The van der Waals surface area contributed by atoms with Crippen LogP contribution in [0.4, 0.5) is 4.39 Å². The van der Waals surface area contributed by atoms with Crippen LogP contribution in [0.25, 0.3) is 0 Å². The molecule has 2 aromatic carbocycles. The number of ether oxygens (including phenoxy) is 1. The Bertz CT molecular complexity index is 638. The van der Waals surface area contributed by atoms with Gasteiger partial charge in [-0.2, -0.15) is 0 Å². The fraction of sp³-hybridized carbons (Fsp3) is 0.188. The Balaban J connectivity index is 2.16. The van der Waals surface area contributed by atoms with Crippen LogP contribution in [0, 0.1) is 5.82 Å². The molecule has 110 valence electrons. The minimum absolute atomic E-state index is 0.0126. The number of benzene rings is 2. The highest BCUT2D eigenvalue weighted by Crippen LogP contribution is 2.22. The van der Waals surface area contributed by atoms with Gasteiger partial charge in [0.1, 0.15) is 18.2 Å². The standard InChI is InChI=1S/C16H16FNO3/c1-11(18-20)15-7-6-14(17)8-16(15)21-10-13-4-2-12(9-19)3-5-13/h2-8,19-20H,9-10H2,1H3/b18-11-. The fourth-order valence-electron chi connectivity index (χ4n) is 1.87. The second-order valence-corrected chi connectivity index (χ2v) is 4.59. The third kappa shape index (κ3) is 3.79. The third-order valence-corrected chi connectivity index (χ3v) is 3.08. The predicted octanol–water partition coefficient (Wildman–Crippen LogP) is 3.10. The summed E-state index contributed by atoms with van der Waals surface area (Å²) in [4.78, 5) is 0. The molecule has 0 unspecified atom stereocenters. The van der Waals surface area contributed by atoms with E-state index in [2.05, 4.69) is 5.16 Å². The SMILES string of the molecule is C/C(=N/O)c1ccc(F)cc1OCc1ccc(CO)cc1. The van der Waals surface area contributed by atoms with Crippen molar-refractivity contribution in [2.75, 3.05) is 0 Å². The number of oxime groups is 1. The molecule has 0 heterocycles. The van der Waals surface area contributed by atoms with Gasteiger partial charge in [0.2, 0.25) is 0 Å². The number of nitrogens with zero attached hydrogens (tertiary/aromatic N) is 1. The number of aliphatic hydroxyl groups excluding tert-OH is 1. The van der Waals surface area contributed by atoms with Gasteiger partial charge in [0.25, 0.3) is 0 Å². The van der Waals surface area contributed by atoms with E-state index < -0.39 is 5.82 Å². The van der Waals surface area contributed by atoms with E-state index in [9.17, 15) is 4.39 Å². The lowest BCUT2D eigenvalue weighted by Gasteiger charge is -2.11. The summed E-state index contributed by atoms with van der Waals surface area (Å²) < 4.78 is 18.9. The molecule has 0 saturated heterocycles. The number of hydrogen-bond donors (Lipinski definition) is 2. The molecular weight excluding hydrogens is 273 g/mol. The van der Waals surface area contributed by atoms with Gasteiger partial charge in [-0.05, 0) is 30.2 Å². The van der Waals surface area contributed by atoms with E-state index in [-0.39, 0.29) is 13.2 Å². The molecule has 0 aromatic heterocycles. The zero-order valence-corrected chi connectivity index (χ0v) is 11.6. The quantitative estimate of drug-likeness (QED) is 0.505. The molecule has 2 rings (SSSR count). The van der Waals surface area contributed by atoms with Crippen molar-refractivity contribution in [3.63, 3.8) is 0 Å². The molecule has 21 heavy (non-hydrogen) atoms. The maximum Gasteiger partial charge on any atom is 0.131 e. The number of hydrogen-bond acceptors (Lipinski definition) is 4. The Kier molecular flexibility index (Phi) is 4.90. The van der Waals surface area contributed by atoms with Crippen LogP contribution in [0.1, 0.15) is 23.6 Å². The molecule has 2 N–H and O–H groups in total. The van der Waals surface area contributed by atoms with Crippen molar-refractivity contribution in [1.29, 1.82) is 0 Å². The summed E-state index contributed by atoms with van der Waals surface area (Å²) in [7, 11) is 0. The summed E-state index contributed by atoms with van der Waals surface area (Å²) in [6.45, 7) is 1.85. The maximum atomic E-state index is 13.3. The van der Waals surface area contributed by atoms with Crippen LogP contribution in [-0.2, 0) is 13.2 Å². The monoisotopic (exact) mass is 289 g/mol. The van der Waals surface area contributed by atoms with Gasteiger partial charge in [0.15, 0.2) is 0 Å². The minimum atomic E-state index is -0.421. The summed E-state index contributed by atoms with van der Waals surface area (Å²) in [5, 5.41) is 20.9. The van der Waals surface area contributed by atoms with Crippen molar-refractivity contribution in [1.82, 2.24) is 0 Å². The molecule has 0 atom stereocenters. The average Bonchev–Trinajstić information content (AvgIpc) is 2.52. The number of rotatable bonds is 5. The van der Waals surface area contributed by atoms with E-state index in [0.717, 1.165) is 11.1 Å². The van der Waals surface area contributed by atoms with Crippen molar-refractivity contribution < 1.29 is 19.4 Å². The van der Waals surface area contributed by atoms with Crippen LogP contribution < -0.4 is 4.74 Å². The second kappa shape index (κ2) is 6.85. The molecule has 0 aliphatic carbocycles. The first-order valence-electron chi connectivity index (χ1n) is 6.44. The third-order valence-electron chi connectivity index (χ3n) is 3.08. The van der Waals surface area contributed by atoms with Crippen molar-refractivity contribution in [2.24, 2.45) is 5.16 Å². The molecule has 0 spiro atoms. The van der Waals surface area contributed by atoms with Gasteiger partial charge >= 0.3 is 0 Å². The molecule has 0 aliphatic heterocycles. The van der Waals surface area contributed by atoms with Crippen molar-refractivity contribution in [3.8, 4) is 5.75 Å². The van der Waals surface area contributed by atoms with Gasteiger partial charge in [-0.3, -0.25) is 0 Å². The van der Waals surface area contributed by atoms with E-state index in [4.69, 9.17) is 15.1 Å². The highest BCUT2D eigenvalue weighted by molar-refractivity contribution is 6.00. The Hall–Kier alpha value is -2.40. The van der Waals surface area contributed by atoms with E-state index in [0.29, 0.717) is 17.0 Å². The molecule has 0 amide bonds. The van der Waals surface area contributed by atoms with Gasteiger partial charge < -0.3 is 15.1 Å². The molecule has 0 fully saturated rings. The lowest BCUT2D eigenvalue weighted by molar-refractivity contribution is 0.281. The first-order valence-corrected chi connectivity index (χ1v) is 6.44. The van der Waals surface area contributed by atoms with Crippen molar-refractivity contribution in [2.45, 2.75) is 20.1 Å². The molecule has 0 saturated carbocycles. The Labute approximate surface area is 122 Å². The van der Waals surface area contributed by atoms with Crippen LogP contribution in [0.5, 0.6) is 5.75 Å². The molecule has 2 aromatic rings. The average molecular weight is 289 g/mol. The van der Waals surface area contributed by atoms with Gasteiger partial charge in [-0.1, -0.05) is 29.4 Å². The van der Waals surface area contributed by atoms with Gasteiger partial charge in [-0.15, -0.1) is 0 Å². The van der Waals surface area contributed by atoms with Crippen LogP contribution >= 0.6 is 0 Å². The topological polar surface area (TPSA) is 62.1 Å². The highest BCUT2D eigenvalue weighted by atomic mass is 19.1. The molecular formula is C16H16FNO3. The van der Waals surface area contributed by atoms with Crippen LogP contribution in [0.15, 0.2) is 47.6 Å². The van der Waals surface area contributed by atoms with E-state index in [1.807, 2.05) is 12.1 Å². The molecule has 0 bridgehead atoms. The van der Waals surface area contributed by atoms with Gasteiger partial charge in [-0.25, -0.2) is 4.39 Å². The van der Waals surface area contributed by atoms with Gasteiger partial charge in [0, 0.05) is 11.6 Å². The number of aliphatic hydroxyl groups is 1. The summed E-state index contributed by atoms with van der Waals surface area (Å²) in [5.41, 5.74) is 2.58. The summed E-state index contributed by atoms with van der Waals surface area (Å²) >= 11 is 0. The van der Waals surface area contributed by atoms with Crippen LogP contribution in [-0.4, -0.2) is 16.0 Å². The lowest BCUT2D eigenvalue weighted by Crippen LogP contribution is -2.03. The Morgan fingerprint density at radius 1 is 1.14 bits per heavy atom. The van der Waals surface area contributed by atoms with Crippen molar-refractivity contribution in [3.05, 3.63) is 65.0 Å². The van der Waals surface area contributed by atoms with Gasteiger partial charge in [0.05, 0.1) is 12.3 Å². The predicted molar refractivity (Wildman–Crippen MR) is 77.1 cm³/mol. The van der Waals surface area contributed by atoms with Crippen molar-refractivity contribution >= 4 is 5.71 Å². The number of halogens is 1. The largest absolute Gasteiger partial charge is 0.488 e. The molecule has 0 aliphatic rings. The Morgan fingerprint density at radius 3 is 2.43 bits per heavy atom. The van der Waals surface area contributed by atoms with E-state index in [1.165, 1.54) is 18.2 Å². The zero-order valence-electron chi connectivity index (χ0n) is 11.6. The molecule has 5 heteroatoms. The fourth-order valence-corrected chi connectivity index (χ4v) is 1.87. The summed E-state index contributed by atoms with van der Waals surface area (Å²) in [6.07, 6.45) is 0. The first kappa shape index (κ1) is 15.0. The van der Waals surface area contributed by atoms with E-state index >= 15 is 0 Å². The van der Waals surface area contributed by atoms with Crippen LogP contribution in [0.3, 0.4) is 0 Å². The first-order chi connectivity index (χ1) is 10.1. The zero-order chi connectivity index (χ0) is 15.2. The molecule has 0 radical (unpaired) electrons. The highest BCUT2D eigenvalue weighted by Gasteiger charge is 2.09. The van der Waals surface area contributed by atoms with E-state index in [1.54, 1.807) is 19.1 Å². The Morgan fingerprint density at radius 2 is 1.81 bits per heavy atom. The second-order valence-electron chi connectivity index (χ2n) is 4.59. The lowest BCUT2D eigenvalue weighted by atomic mass is 10.1. The summed E-state index contributed by atoms with van der Waals surface area (Å²) in [5.74, 6) is -0.105.